The van der Waals surface area contributed by atoms with Gasteiger partial charge in [0.25, 0.3) is 0 Å². The fourth-order valence-corrected chi connectivity index (χ4v) is 3.83. The molecule has 0 spiro atoms. The Morgan fingerprint density at radius 1 is 1.00 bits per heavy atom. The molecule has 0 atom stereocenters. The van der Waals surface area contributed by atoms with Crippen LogP contribution in [0.25, 0.3) is 0 Å². The van der Waals surface area contributed by atoms with Crippen molar-refractivity contribution in [2.45, 2.75) is 61.0 Å². The summed E-state index contributed by atoms with van der Waals surface area (Å²) in [5.74, 6) is 1.15. The lowest BCUT2D eigenvalue weighted by atomic mass is 10.1. The molecule has 7 heteroatoms. The number of carbonyl (C=O) groups is 1. The molecule has 0 aliphatic carbocycles. The number of hydrogen-bond donors (Lipinski definition) is 2. The molecule has 0 radical (unpaired) electrons. The number of allylic oxidation sites excluding steroid dienone is 1. The molecule has 0 unspecified atom stereocenters. The number of rotatable bonds is 11. The summed E-state index contributed by atoms with van der Waals surface area (Å²) in [6.07, 6.45) is 4.76. The van der Waals surface area contributed by atoms with Gasteiger partial charge in [-0.25, -0.2) is 4.99 Å². The van der Waals surface area contributed by atoms with E-state index in [-0.39, 0.29) is 0 Å². The molecule has 226 valence electrons. The summed E-state index contributed by atoms with van der Waals surface area (Å²) in [6, 6.07) is 23.4. The highest BCUT2D eigenvalue weighted by atomic mass is 16.5. The van der Waals surface area contributed by atoms with Crippen LogP contribution in [0.15, 0.2) is 102 Å². The molecule has 3 aromatic rings. The quantitative estimate of drug-likeness (QED) is 0.137. The molecule has 0 aliphatic heterocycles. The first-order valence-corrected chi connectivity index (χ1v) is 14.5. The van der Waals surface area contributed by atoms with Crippen molar-refractivity contribution < 1.29 is 9.53 Å². The molecular weight excluding hydrogens is 522 g/mol. The zero-order valence-corrected chi connectivity index (χ0v) is 26.6. The largest absolute Gasteiger partial charge is 0.489 e. The molecule has 0 heterocycles. The van der Waals surface area contributed by atoms with Gasteiger partial charge in [0, 0.05) is 37.4 Å². The molecule has 3 aromatic carbocycles. The second-order valence-corrected chi connectivity index (χ2v) is 9.23. The highest BCUT2D eigenvalue weighted by Gasteiger charge is 2.23. The predicted molar refractivity (Wildman–Crippen MR) is 181 cm³/mol. The summed E-state index contributed by atoms with van der Waals surface area (Å²) < 4.78 is 6.03. The summed E-state index contributed by atoms with van der Waals surface area (Å²) in [7, 11) is 3.71. The minimum Gasteiger partial charge on any atom is -0.489 e. The Kier molecular flexibility index (Phi) is 16.5. The third-order valence-electron chi connectivity index (χ3n) is 6.16. The number of likely N-dealkylation sites (N-methyl/N-ethyl adjacent to an activating group) is 1. The van der Waals surface area contributed by atoms with Gasteiger partial charge >= 0.3 is 0 Å². The number of anilines is 3. The van der Waals surface area contributed by atoms with Crippen molar-refractivity contribution in [3.8, 4) is 5.75 Å². The maximum atomic E-state index is 12.3. The van der Waals surface area contributed by atoms with Gasteiger partial charge in [-0.3, -0.25) is 9.69 Å². The number of nitrogens with zero attached hydrogens (tertiary/aromatic N) is 3. The smallest absolute Gasteiger partial charge is 0.219 e. The second kappa shape index (κ2) is 19.5. The number of nitrogens with one attached hydrogen (secondary N) is 1. The number of nitrogens with two attached hydrogens (primary N) is 1. The lowest BCUT2D eigenvalue weighted by molar-refractivity contribution is -0.106. The fourth-order valence-electron chi connectivity index (χ4n) is 3.83. The van der Waals surface area contributed by atoms with E-state index >= 15 is 0 Å². The second-order valence-electron chi connectivity index (χ2n) is 9.23. The van der Waals surface area contributed by atoms with Gasteiger partial charge in [-0.15, -0.1) is 0 Å². The molecule has 0 bridgehead atoms. The van der Waals surface area contributed by atoms with Crippen LogP contribution in [0.1, 0.15) is 58.6 Å². The fraction of sp³-hybridized carbons (Fsp3) is 0.314. The molecule has 0 fully saturated rings. The number of carbonyl (C=O) groups excluding carboxylic acids is 1. The van der Waals surface area contributed by atoms with E-state index in [9.17, 15) is 4.79 Å². The molecule has 0 aromatic heterocycles. The van der Waals surface area contributed by atoms with E-state index in [1.54, 1.807) is 6.92 Å². The number of hydrogen-bond acceptors (Lipinski definition) is 6. The maximum absolute atomic E-state index is 12.3. The topological polar surface area (TPSA) is 83.2 Å². The van der Waals surface area contributed by atoms with E-state index in [1.165, 1.54) is 23.9 Å². The summed E-state index contributed by atoms with van der Waals surface area (Å²) in [4.78, 5) is 20.1. The van der Waals surface area contributed by atoms with Crippen LogP contribution in [0.3, 0.4) is 0 Å². The lowest BCUT2D eigenvalue weighted by Gasteiger charge is -2.30. The van der Waals surface area contributed by atoms with Crippen molar-refractivity contribution in [1.82, 2.24) is 0 Å². The van der Waals surface area contributed by atoms with Gasteiger partial charge < -0.3 is 20.7 Å². The first kappa shape index (κ1) is 35.5. The number of amides is 1. The molecule has 3 N–H and O–H groups in total. The summed E-state index contributed by atoms with van der Waals surface area (Å²) in [6.45, 7) is 16.4. The molecule has 7 nitrogen and oxygen atoms in total. The van der Waals surface area contributed by atoms with Crippen molar-refractivity contribution in [2.24, 2.45) is 10.7 Å². The first-order valence-electron chi connectivity index (χ1n) is 14.5. The first-order chi connectivity index (χ1) is 20.3. The van der Waals surface area contributed by atoms with E-state index in [2.05, 4.69) is 30.7 Å². The normalized spacial score (nSPS) is 11.0. The van der Waals surface area contributed by atoms with Crippen LogP contribution in [-0.2, 0) is 11.4 Å². The van der Waals surface area contributed by atoms with Crippen LogP contribution >= 0.6 is 0 Å². The van der Waals surface area contributed by atoms with E-state index in [0.717, 1.165) is 34.7 Å². The minimum absolute atomic E-state index is 0.359. The third kappa shape index (κ3) is 10.5. The monoisotopic (exact) mass is 571 g/mol. The summed E-state index contributed by atoms with van der Waals surface area (Å²) in [5, 5.41) is 3.09. The van der Waals surface area contributed by atoms with Gasteiger partial charge in [-0.2, -0.15) is 0 Å². The van der Waals surface area contributed by atoms with Gasteiger partial charge in [0.05, 0.1) is 5.69 Å². The van der Waals surface area contributed by atoms with Gasteiger partial charge in [-0.05, 0) is 61.4 Å². The zero-order valence-electron chi connectivity index (χ0n) is 26.6. The Labute approximate surface area is 253 Å². The Hall–Kier alpha value is -4.52. The van der Waals surface area contributed by atoms with Crippen LogP contribution in [-0.4, -0.2) is 26.3 Å². The lowest BCUT2D eigenvalue weighted by Crippen LogP contribution is -2.38. The van der Waals surface area contributed by atoms with Crippen LogP contribution in [0, 0.1) is 6.92 Å². The highest BCUT2D eigenvalue weighted by Crippen LogP contribution is 2.29. The molecular formula is C35H49N5O2. The Morgan fingerprint density at radius 2 is 1.67 bits per heavy atom. The Bertz CT molecular complexity index is 1300. The van der Waals surface area contributed by atoms with E-state index in [1.807, 2.05) is 113 Å². The summed E-state index contributed by atoms with van der Waals surface area (Å²) >= 11 is 0. The van der Waals surface area contributed by atoms with Crippen molar-refractivity contribution in [3.05, 3.63) is 108 Å². The van der Waals surface area contributed by atoms with Gasteiger partial charge in [0.2, 0.25) is 6.41 Å². The van der Waals surface area contributed by atoms with Crippen molar-refractivity contribution in [1.29, 1.82) is 0 Å². The van der Waals surface area contributed by atoms with Gasteiger partial charge in [0.1, 0.15) is 18.1 Å². The molecule has 42 heavy (non-hydrogen) atoms. The number of ether oxygens (including phenoxy) is 1. The van der Waals surface area contributed by atoms with Crippen LogP contribution in [0.4, 0.5) is 17.1 Å². The van der Waals surface area contributed by atoms with Crippen molar-refractivity contribution in [3.63, 3.8) is 0 Å². The minimum atomic E-state index is 0.359. The predicted octanol–water partition coefficient (Wildman–Crippen LogP) is 8.28. The summed E-state index contributed by atoms with van der Waals surface area (Å²) in [5.41, 5.74) is 11.9. The number of benzene rings is 3. The zero-order chi connectivity index (χ0) is 31.5. The van der Waals surface area contributed by atoms with Crippen LogP contribution in [0.2, 0.25) is 0 Å². The molecule has 0 saturated heterocycles. The van der Waals surface area contributed by atoms with Crippen molar-refractivity contribution in [2.75, 3.05) is 29.2 Å². The number of amidine groups is 1. The van der Waals surface area contributed by atoms with Crippen LogP contribution < -0.4 is 25.6 Å². The molecule has 3 rings (SSSR count). The van der Waals surface area contributed by atoms with Crippen molar-refractivity contribution >= 4 is 29.3 Å². The number of unbranched alkanes of at least 4 members (excludes halogenated alkanes) is 1. The SMILES string of the molecule is C=CN=C(/C(=C(\C)N)N(C)c1ccc(OCc2ccccc2)c(C)c1)N(C=O)c1cccc(NC)c1.CC.CCCC. The average molecular weight is 572 g/mol. The van der Waals surface area contributed by atoms with Gasteiger partial charge in [0.15, 0.2) is 5.84 Å². The standard InChI is InChI=1S/C29H33N5O2.C4H10.C2H6/c1-6-32-29(34(20-35)26-14-10-13-24(18-26)31-4)28(22(3)30)33(5)25-15-16-27(21(2)17-25)36-19-23-11-8-7-9-12-23;1-3-4-2;1-2/h6-18,20,31H,1,19,30H2,2-5H3;3-4H2,1-2H3;1-2H3/b28-22-,32-29?;;. The molecule has 1 amide bonds. The van der Waals surface area contributed by atoms with Crippen LogP contribution in [0.5, 0.6) is 5.75 Å². The number of aryl methyl sites for hydroxylation is 1. The van der Waals surface area contributed by atoms with E-state index in [4.69, 9.17) is 10.5 Å². The molecule has 0 aliphatic rings. The molecule has 0 saturated carbocycles. The van der Waals surface area contributed by atoms with Gasteiger partial charge in [-0.1, -0.05) is 83.5 Å². The third-order valence-corrected chi connectivity index (χ3v) is 6.16. The maximum Gasteiger partial charge on any atom is 0.219 e. The number of aliphatic imine (C=N–C) groups is 1. The highest BCUT2D eigenvalue weighted by molar-refractivity contribution is 6.20. The van der Waals surface area contributed by atoms with E-state index < -0.39 is 0 Å². The average Bonchev–Trinajstić information content (AvgIpc) is 3.02. The Balaban J connectivity index is 0.00000135. The van der Waals surface area contributed by atoms with E-state index in [0.29, 0.717) is 29.5 Å². The Morgan fingerprint density at radius 3 is 2.19 bits per heavy atom.